The lowest BCUT2D eigenvalue weighted by molar-refractivity contribution is 0.281. The highest BCUT2D eigenvalue weighted by Gasteiger charge is 2.32. The SMILES string of the molecule is CC1CCCN(S(=O)(=O)c2cc(CCl)n(C3CC3)c2)C1. The maximum absolute atomic E-state index is 12.7. The van der Waals surface area contributed by atoms with Crippen molar-refractivity contribution in [2.24, 2.45) is 5.92 Å². The van der Waals surface area contributed by atoms with Gasteiger partial charge in [-0.05, 0) is 37.7 Å². The van der Waals surface area contributed by atoms with Gasteiger partial charge >= 0.3 is 0 Å². The van der Waals surface area contributed by atoms with Gasteiger partial charge in [0.25, 0.3) is 0 Å². The molecule has 0 aromatic carbocycles. The number of hydrogen-bond donors (Lipinski definition) is 0. The first-order valence-corrected chi connectivity index (χ1v) is 9.26. The molecule has 2 heterocycles. The van der Waals surface area contributed by atoms with Gasteiger partial charge in [-0.25, -0.2) is 8.42 Å². The minimum Gasteiger partial charge on any atom is -0.346 e. The van der Waals surface area contributed by atoms with Crippen LogP contribution in [0, 0.1) is 5.92 Å². The van der Waals surface area contributed by atoms with Gasteiger partial charge in [-0.15, -0.1) is 11.6 Å². The largest absolute Gasteiger partial charge is 0.346 e. The highest BCUT2D eigenvalue weighted by atomic mass is 35.5. The molecule has 1 aliphatic carbocycles. The molecule has 6 heteroatoms. The predicted molar refractivity (Wildman–Crippen MR) is 79.4 cm³/mol. The quantitative estimate of drug-likeness (QED) is 0.801. The molecular formula is C14H21ClN2O2S. The van der Waals surface area contributed by atoms with Gasteiger partial charge in [-0.1, -0.05) is 6.92 Å². The van der Waals surface area contributed by atoms with E-state index in [0.29, 0.717) is 35.8 Å². The molecule has 0 N–H and O–H groups in total. The topological polar surface area (TPSA) is 42.3 Å². The molecule has 0 spiro atoms. The van der Waals surface area contributed by atoms with E-state index in [1.54, 1.807) is 16.6 Å². The second kappa shape index (κ2) is 5.35. The zero-order valence-corrected chi connectivity index (χ0v) is 13.3. The van der Waals surface area contributed by atoms with Gasteiger partial charge < -0.3 is 4.57 Å². The van der Waals surface area contributed by atoms with Crippen molar-refractivity contribution in [2.45, 2.75) is 49.4 Å². The average molecular weight is 317 g/mol. The standard InChI is InChI=1S/C14H21ClN2O2S/c1-11-3-2-6-16(9-11)20(18,19)14-7-13(8-15)17(10-14)12-4-5-12/h7,10-12H,2-6,8-9H2,1H3. The second-order valence-corrected chi connectivity index (χ2v) is 8.25. The molecule has 1 aromatic heterocycles. The molecule has 2 aliphatic rings. The summed E-state index contributed by atoms with van der Waals surface area (Å²) in [7, 11) is -3.36. The molecule has 1 unspecified atom stereocenters. The van der Waals surface area contributed by atoms with Gasteiger partial charge in [0.1, 0.15) is 4.90 Å². The number of piperidine rings is 1. The van der Waals surface area contributed by atoms with Crippen LogP contribution in [0.3, 0.4) is 0 Å². The zero-order chi connectivity index (χ0) is 14.3. The van der Waals surface area contributed by atoms with Gasteiger partial charge in [0.05, 0.1) is 5.88 Å². The van der Waals surface area contributed by atoms with E-state index in [2.05, 4.69) is 6.92 Å². The molecule has 4 nitrogen and oxygen atoms in total. The van der Waals surface area contributed by atoms with Crippen molar-refractivity contribution in [1.29, 1.82) is 0 Å². The molecule has 2 fully saturated rings. The van der Waals surface area contributed by atoms with Crippen LogP contribution in [-0.4, -0.2) is 30.4 Å². The Balaban J connectivity index is 1.90. The Morgan fingerprint density at radius 1 is 1.35 bits per heavy atom. The first-order valence-electron chi connectivity index (χ1n) is 7.29. The number of rotatable bonds is 4. The fraction of sp³-hybridized carbons (Fsp3) is 0.714. The van der Waals surface area contributed by atoms with Crippen molar-refractivity contribution in [2.75, 3.05) is 13.1 Å². The fourth-order valence-corrected chi connectivity index (χ4v) is 4.82. The van der Waals surface area contributed by atoms with Crippen LogP contribution >= 0.6 is 11.6 Å². The van der Waals surface area contributed by atoms with E-state index in [-0.39, 0.29) is 0 Å². The van der Waals surface area contributed by atoms with Crippen LogP contribution in [-0.2, 0) is 15.9 Å². The lowest BCUT2D eigenvalue weighted by atomic mass is 10.0. The summed E-state index contributed by atoms with van der Waals surface area (Å²) in [6, 6.07) is 2.20. The highest BCUT2D eigenvalue weighted by Crippen LogP contribution is 2.38. The first kappa shape index (κ1) is 14.4. The first-order chi connectivity index (χ1) is 9.52. The lowest BCUT2D eigenvalue weighted by Crippen LogP contribution is -2.38. The molecule has 0 amide bonds. The number of hydrogen-bond acceptors (Lipinski definition) is 2. The monoisotopic (exact) mass is 316 g/mol. The van der Waals surface area contributed by atoms with Crippen molar-refractivity contribution in [1.82, 2.24) is 8.87 Å². The Morgan fingerprint density at radius 3 is 2.70 bits per heavy atom. The molecule has 0 radical (unpaired) electrons. The molecule has 20 heavy (non-hydrogen) atoms. The Bertz CT molecular complexity index is 592. The summed E-state index contributed by atoms with van der Waals surface area (Å²) in [6.45, 7) is 3.38. The van der Waals surface area contributed by atoms with Crippen molar-refractivity contribution in [3.05, 3.63) is 18.0 Å². The van der Waals surface area contributed by atoms with E-state index >= 15 is 0 Å². The summed E-state index contributed by atoms with van der Waals surface area (Å²) in [6.07, 6.45) is 6.09. The van der Waals surface area contributed by atoms with Crippen LogP contribution in [0.5, 0.6) is 0 Å². The number of alkyl halides is 1. The van der Waals surface area contributed by atoms with Crippen molar-refractivity contribution >= 4 is 21.6 Å². The number of nitrogens with zero attached hydrogens (tertiary/aromatic N) is 2. The lowest BCUT2D eigenvalue weighted by Gasteiger charge is -2.29. The van der Waals surface area contributed by atoms with E-state index < -0.39 is 10.0 Å². The Hall–Kier alpha value is -0.520. The van der Waals surface area contributed by atoms with E-state index in [1.807, 2.05) is 4.57 Å². The van der Waals surface area contributed by atoms with Gasteiger partial charge in [0.15, 0.2) is 0 Å². The Labute approximate surface area is 125 Å². The van der Waals surface area contributed by atoms with Gasteiger partial charge in [0.2, 0.25) is 10.0 Å². The Kier molecular flexibility index (Phi) is 3.86. The molecule has 1 atom stereocenters. The second-order valence-electron chi connectivity index (χ2n) is 6.05. The molecule has 1 aromatic rings. The van der Waals surface area contributed by atoms with E-state index in [4.69, 9.17) is 11.6 Å². The van der Waals surface area contributed by atoms with Crippen LogP contribution in [0.25, 0.3) is 0 Å². The van der Waals surface area contributed by atoms with Gasteiger partial charge in [0, 0.05) is 31.0 Å². The van der Waals surface area contributed by atoms with Gasteiger partial charge in [-0.3, -0.25) is 0 Å². The third kappa shape index (κ3) is 2.63. The molecule has 1 saturated carbocycles. The van der Waals surface area contributed by atoms with Crippen molar-refractivity contribution in [3.8, 4) is 0 Å². The smallest absolute Gasteiger partial charge is 0.244 e. The molecule has 3 rings (SSSR count). The normalized spacial score (nSPS) is 25.0. The van der Waals surface area contributed by atoms with E-state index in [0.717, 1.165) is 31.4 Å². The highest BCUT2D eigenvalue weighted by molar-refractivity contribution is 7.89. The molecule has 1 saturated heterocycles. The average Bonchev–Trinajstić information content (AvgIpc) is 3.17. The maximum Gasteiger partial charge on any atom is 0.244 e. The maximum atomic E-state index is 12.7. The predicted octanol–water partition coefficient (Wildman–Crippen LogP) is 2.98. The molecule has 1 aliphatic heterocycles. The van der Waals surface area contributed by atoms with Crippen molar-refractivity contribution in [3.63, 3.8) is 0 Å². The summed E-state index contributed by atoms with van der Waals surface area (Å²) in [5.41, 5.74) is 0.915. The van der Waals surface area contributed by atoms with Crippen LogP contribution in [0.4, 0.5) is 0 Å². The minimum absolute atomic E-state index is 0.364. The summed E-state index contributed by atoms with van der Waals surface area (Å²) in [5, 5.41) is 0. The third-order valence-electron chi connectivity index (χ3n) is 4.24. The van der Waals surface area contributed by atoms with Crippen molar-refractivity contribution < 1.29 is 8.42 Å². The van der Waals surface area contributed by atoms with E-state index in [9.17, 15) is 8.42 Å². The van der Waals surface area contributed by atoms with Crippen LogP contribution in [0.2, 0.25) is 0 Å². The third-order valence-corrected chi connectivity index (χ3v) is 6.35. The fourth-order valence-electron chi connectivity index (χ4n) is 2.95. The summed E-state index contributed by atoms with van der Waals surface area (Å²) in [4.78, 5) is 0.411. The van der Waals surface area contributed by atoms with Crippen LogP contribution < -0.4 is 0 Å². The Morgan fingerprint density at radius 2 is 2.10 bits per heavy atom. The van der Waals surface area contributed by atoms with Crippen LogP contribution in [0.1, 0.15) is 44.3 Å². The number of sulfonamides is 1. The minimum atomic E-state index is -3.36. The summed E-state index contributed by atoms with van der Waals surface area (Å²) in [5.74, 6) is 0.805. The van der Waals surface area contributed by atoms with E-state index in [1.165, 1.54) is 0 Å². The summed E-state index contributed by atoms with van der Waals surface area (Å²) < 4.78 is 29.1. The van der Waals surface area contributed by atoms with Crippen LogP contribution in [0.15, 0.2) is 17.2 Å². The number of aromatic nitrogens is 1. The number of halogens is 1. The molecule has 0 bridgehead atoms. The molecule has 112 valence electrons. The summed E-state index contributed by atoms with van der Waals surface area (Å²) >= 11 is 5.95. The van der Waals surface area contributed by atoms with Gasteiger partial charge in [-0.2, -0.15) is 4.31 Å². The zero-order valence-electron chi connectivity index (χ0n) is 11.8. The molecular weight excluding hydrogens is 296 g/mol.